The third kappa shape index (κ3) is 3.81. The van der Waals surface area contributed by atoms with Gasteiger partial charge in [0.15, 0.2) is 23.1 Å². The largest absolute Gasteiger partial charge is 0.487 e. The van der Waals surface area contributed by atoms with E-state index >= 15 is 4.39 Å². The number of fused-ring (bicyclic) bond motifs is 4. The molecule has 0 radical (unpaired) electrons. The number of thioether (sulfide) groups is 1. The molecule has 2 aromatic carbocycles. The average molecular weight is 526 g/mol. The monoisotopic (exact) mass is 525 g/mol. The van der Waals surface area contributed by atoms with Crippen molar-refractivity contribution >= 4 is 17.7 Å². The smallest absolute Gasteiger partial charge is 0.278 e. The maximum atomic E-state index is 15.2. The molecule has 0 N–H and O–H groups in total. The van der Waals surface area contributed by atoms with Crippen molar-refractivity contribution in [3.8, 4) is 5.75 Å². The number of hydrogen-bond donors (Lipinski definition) is 0. The van der Waals surface area contributed by atoms with Crippen LogP contribution in [0, 0.1) is 11.6 Å². The van der Waals surface area contributed by atoms with Crippen LogP contribution in [0.4, 0.5) is 8.78 Å². The molecule has 1 fully saturated rings. The van der Waals surface area contributed by atoms with Crippen LogP contribution in [0.15, 0.2) is 58.4 Å². The maximum absolute atomic E-state index is 15.2. The number of pyridine rings is 1. The van der Waals surface area contributed by atoms with Gasteiger partial charge >= 0.3 is 0 Å². The SMILES string of the molecule is CCCOc1c2n(ccc1=O)N([C@@H]1c3ccccc3SCc3c1ccc(F)c3F)[C@@H]1COCCN1C2=O. The molecule has 37 heavy (non-hydrogen) atoms. The van der Waals surface area contributed by atoms with Crippen molar-refractivity contribution < 1.29 is 23.0 Å². The van der Waals surface area contributed by atoms with E-state index in [4.69, 9.17) is 9.47 Å². The van der Waals surface area contributed by atoms with Crippen LogP contribution in [0.25, 0.3) is 0 Å². The Morgan fingerprint density at radius 1 is 1.11 bits per heavy atom. The first kappa shape index (κ1) is 24.0. The number of aromatic nitrogens is 1. The quantitative estimate of drug-likeness (QED) is 0.512. The second kappa shape index (κ2) is 9.50. The number of benzene rings is 2. The predicted molar refractivity (Wildman–Crippen MR) is 135 cm³/mol. The Kier molecular flexibility index (Phi) is 6.16. The highest BCUT2D eigenvalue weighted by Crippen LogP contribution is 2.45. The van der Waals surface area contributed by atoms with Crippen molar-refractivity contribution in [1.82, 2.24) is 9.58 Å². The number of nitrogens with zero attached hydrogens (tertiary/aromatic N) is 3. The van der Waals surface area contributed by atoms with Gasteiger partial charge in [0.25, 0.3) is 5.91 Å². The Morgan fingerprint density at radius 3 is 2.78 bits per heavy atom. The fourth-order valence-corrected chi connectivity index (χ4v) is 6.43. The number of morpholine rings is 1. The molecule has 3 aliphatic heterocycles. The van der Waals surface area contributed by atoms with E-state index in [9.17, 15) is 14.0 Å². The van der Waals surface area contributed by atoms with Crippen molar-refractivity contribution in [1.29, 1.82) is 0 Å². The summed E-state index contributed by atoms with van der Waals surface area (Å²) in [6.45, 7) is 3.09. The number of halogens is 2. The first-order valence-electron chi connectivity index (χ1n) is 12.3. The summed E-state index contributed by atoms with van der Waals surface area (Å²) in [4.78, 5) is 29.2. The molecule has 0 saturated carbocycles. The Bertz CT molecular complexity index is 1450. The molecule has 3 aromatic rings. The fraction of sp³-hybridized carbons (Fsp3) is 0.333. The number of carbonyl (C=O) groups excluding carboxylic acids is 1. The number of amides is 1. The van der Waals surface area contributed by atoms with E-state index in [0.717, 1.165) is 16.5 Å². The molecule has 7 nitrogen and oxygen atoms in total. The van der Waals surface area contributed by atoms with Crippen LogP contribution < -0.4 is 15.2 Å². The lowest BCUT2D eigenvalue weighted by Gasteiger charge is -2.51. The molecule has 6 rings (SSSR count). The number of ether oxygens (including phenoxy) is 2. The predicted octanol–water partition coefficient (Wildman–Crippen LogP) is 4.06. The highest BCUT2D eigenvalue weighted by Gasteiger charge is 2.46. The standard InChI is InChI=1S/C27H25F2N3O4S/c1-2-12-36-26-20(33)9-10-31-25(26)27(34)30-11-13-35-14-22(30)32(31)24-16-7-8-19(28)23(29)18(16)15-37-21-6-4-3-5-17(21)24/h3-10,22,24H,2,11-15H2,1H3/t22-,24+/m1/s1. The summed E-state index contributed by atoms with van der Waals surface area (Å²) in [6.07, 6.45) is 1.68. The van der Waals surface area contributed by atoms with Crippen molar-refractivity contribution in [2.24, 2.45) is 0 Å². The summed E-state index contributed by atoms with van der Waals surface area (Å²) in [5.74, 6) is -1.85. The summed E-state index contributed by atoms with van der Waals surface area (Å²) >= 11 is 1.44. The highest BCUT2D eigenvalue weighted by molar-refractivity contribution is 7.98. The molecule has 1 aromatic heterocycles. The number of rotatable bonds is 4. The zero-order valence-electron chi connectivity index (χ0n) is 20.2. The minimum absolute atomic E-state index is 0.00826. The lowest BCUT2D eigenvalue weighted by molar-refractivity contribution is -0.0198. The minimum Gasteiger partial charge on any atom is -0.487 e. The summed E-state index contributed by atoms with van der Waals surface area (Å²) in [7, 11) is 0. The van der Waals surface area contributed by atoms with E-state index in [1.54, 1.807) is 21.8 Å². The maximum Gasteiger partial charge on any atom is 0.278 e. The van der Waals surface area contributed by atoms with Crippen LogP contribution >= 0.6 is 11.8 Å². The van der Waals surface area contributed by atoms with Gasteiger partial charge in [-0.1, -0.05) is 31.2 Å². The average Bonchev–Trinajstić information content (AvgIpc) is 3.08. The van der Waals surface area contributed by atoms with E-state index in [2.05, 4.69) is 0 Å². The van der Waals surface area contributed by atoms with Crippen molar-refractivity contribution in [3.63, 3.8) is 0 Å². The molecule has 2 atom stereocenters. The third-order valence-electron chi connectivity index (χ3n) is 6.98. The summed E-state index contributed by atoms with van der Waals surface area (Å²) in [6, 6.07) is 11.3. The third-order valence-corrected chi connectivity index (χ3v) is 8.10. The van der Waals surface area contributed by atoms with Crippen molar-refractivity contribution in [2.75, 3.05) is 31.4 Å². The fourth-order valence-electron chi connectivity index (χ4n) is 5.31. The lowest BCUT2D eigenvalue weighted by atomic mass is 9.93. The van der Waals surface area contributed by atoms with Gasteiger partial charge in [0, 0.05) is 35.0 Å². The van der Waals surface area contributed by atoms with E-state index in [1.165, 1.54) is 17.8 Å². The molecule has 0 unspecified atom stereocenters. The minimum atomic E-state index is -0.903. The van der Waals surface area contributed by atoms with E-state index in [-0.39, 0.29) is 47.3 Å². The second-order valence-electron chi connectivity index (χ2n) is 9.14. The van der Waals surface area contributed by atoms with Crippen LogP contribution in [0.5, 0.6) is 5.75 Å². The van der Waals surface area contributed by atoms with Gasteiger partial charge in [0.1, 0.15) is 6.17 Å². The molecule has 1 amide bonds. The first-order valence-corrected chi connectivity index (χ1v) is 13.2. The molecule has 4 heterocycles. The molecule has 1 saturated heterocycles. The first-order chi connectivity index (χ1) is 18.0. The second-order valence-corrected chi connectivity index (χ2v) is 10.2. The molecule has 3 aliphatic rings. The van der Waals surface area contributed by atoms with Crippen molar-refractivity contribution in [3.05, 3.63) is 92.9 Å². The summed E-state index contributed by atoms with van der Waals surface area (Å²) in [5.41, 5.74) is 1.49. The van der Waals surface area contributed by atoms with Gasteiger partial charge in [-0.25, -0.2) is 8.78 Å². The Hall–Kier alpha value is -3.37. The normalized spacial score (nSPS) is 20.5. The number of carbonyl (C=O) groups is 1. The van der Waals surface area contributed by atoms with Gasteiger partial charge in [-0.3, -0.25) is 19.3 Å². The van der Waals surface area contributed by atoms with Gasteiger partial charge < -0.3 is 14.4 Å². The number of hydrogen-bond acceptors (Lipinski definition) is 6. The lowest BCUT2D eigenvalue weighted by Crippen LogP contribution is -2.66. The zero-order chi connectivity index (χ0) is 25.7. The van der Waals surface area contributed by atoms with E-state index < -0.39 is 23.8 Å². The molecular formula is C27H25F2N3O4S. The van der Waals surface area contributed by atoms with E-state index in [1.807, 2.05) is 36.2 Å². The molecule has 192 valence electrons. The van der Waals surface area contributed by atoms with Crippen LogP contribution in [-0.4, -0.2) is 48.0 Å². The Labute approximate surface area is 216 Å². The van der Waals surface area contributed by atoms with E-state index in [0.29, 0.717) is 25.1 Å². The van der Waals surface area contributed by atoms with Crippen LogP contribution in [0.2, 0.25) is 0 Å². The van der Waals surface area contributed by atoms with Crippen LogP contribution in [0.1, 0.15) is 46.6 Å². The molecule has 0 aliphatic carbocycles. The highest BCUT2D eigenvalue weighted by atomic mass is 32.2. The van der Waals surface area contributed by atoms with Crippen molar-refractivity contribution in [2.45, 2.75) is 36.2 Å². The molecular weight excluding hydrogens is 500 g/mol. The zero-order valence-corrected chi connectivity index (χ0v) is 21.0. The van der Waals surface area contributed by atoms with Gasteiger partial charge in [-0.05, 0) is 29.7 Å². The Morgan fingerprint density at radius 2 is 1.95 bits per heavy atom. The topological polar surface area (TPSA) is 64.0 Å². The van der Waals surface area contributed by atoms with Gasteiger partial charge in [0.05, 0.1) is 25.9 Å². The summed E-state index contributed by atoms with van der Waals surface area (Å²) < 4.78 is 42.9. The van der Waals surface area contributed by atoms with Gasteiger partial charge in [-0.2, -0.15) is 0 Å². The van der Waals surface area contributed by atoms with Crippen LogP contribution in [0.3, 0.4) is 0 Å². The van der Waals surface area contributed by atoms with Gasteiger partial charge in [-0.15, -0.1) is 11.8 Å². The molecule has 0 spiro atoms. The molecule has 0 bridgehead atoms. The Balaban J connectivity index is 1.65. The summed E-state index contributed by atoms with van der Waals surface area (Å²) in [5, 5.41) is 1.94. The van der Waals surface area contributed by atoms with Gasteiger partial charge in [0.2, 0.25) is 5.43 Å². The van der Waals surface area contributed by atoms with Crippen LogP contribution in [-0.2, 0) is 10.5 Å². The molecule has 10 heteroatoms.